The fourth-order valence-corrected chi connectivity index (χ4v) is 3.41. The highest BCUT2D eigenvalue weighted by Gasteiger charge is 2.41. The summed E-state index contributed by atoms with van der Waals surface area (Å²) in [6, 6.07) is 5.11. The van der Waals surface area contributed by atoms with Crippen molar-refractivity contribution in [2.75, 3.05) is 0 Å². The number of carbonyl (C=O) groups excluding carboxylic acids is 1. The molecule has 1 aromatic heterocycles. The average molecular weight is 357 g/mol. The molecule has 1 unspecified atom stereocenters. The Labute approximate surface area is 149 Å². The van der Waals surface area contributed by atoms with Crippen LogP contribution in [0, 0.1) is 10.1 Å². The first kappa shape index (κ1) is 17.8. The Morgan fingerprint density at radius 3 is 2.69 bits per heavy atom. The first-order valence-corrected chi connectivity index (χ1v) is 8.27. The molecular formula is C18H19N3O5. The fourth-order valence-electron chi connectivity index (χ4n) is 3.41. The lowest BCUT2D eigenvalue weighted by molar-refractivity contribution is -0.430. The van der Waals surface area contributed by atoms with Crippen LogP contribution in [0.4, 0.5) is 0 Å². The minimum atomic E-state index is -0.888. The molecule has 1 atom stereocenters. The van der Waals surface area contributed by atoms with Crippen molar-refractivity contribution in [1.29, 1.82) is 0 Å². The number of nitrogens with zero attached hydrogens (tertiary/aromatic N) is 3. The summed E-state index contributed by atoms with van der Waals surface area (Å²) >= 11 is 0. The van der Waals surface area contributed by atoms with Crippen LogP contribution in [-0.4, -0.2) is 27.3 Å². The Morgan fingerprint density at radius 2 is 2.04 bits per heavy atom. The zero-order chi connectivity index (χ0) is 19.0. The molecule has 1 aliphatic carbocycles. The molecule has 3 rings (SSSR count). The smallest absolute Gasteiger partial charge is 0.335 e. The van der Waals surface area contributed by atoms with Crippen molar-refractivity contribution in [3.8, 4) is 0 Å². The van der Waals surface area contributed by atoms with Crippen molar-refractivity contribution in [3.63, 3.8) is 0 Å². The topological polar surface area (TPSA) is 108 Å². The van der Waals surface area contributed by atoms with Gasteiger partial charge in [-0.05, 0) is 50.5 Å². The molecule has 2 aromatic rings. The summed E-state index contributed by atoms with van der Waals surface area (Å²) in [5.74, 6) is -1.44. The normalized spacial score (nSPS) is 18.0. The van der Waals surface area contributed by atoms with Crippen LogP contribution in [0.2, 0.25) is 0 Å². The van der Waals surface area contributed by atoms with Gasteiger partial charge in [0.05, 0.1) is 16.6 Å². The third kappa shape index (κ3) is 2.98. The van der Waals surface area contributed by atoms with E-state index in [1.807, 2.05) is 0 Å². The van der Waals surface area contributed by atoms with Crippen LogP contribution in [0.25, 0.3) is 11.0 Å². The summed E-state index contributed by atoms with van der Waals surface area (Å²) in [6.45, 7) is 6.98. The number of allylic oxidation sites excluding steroid dienone is 3. The molecule has 0 fully saturated rings. The Morgan fingerprint density at radius 1 is 1.31 bits per heavy atom. The molecule has 1 aliphatic rings. The van der Waals surface area contributed by atoms with Gasteiger partial charge in [0.15, 0.2) is 0 Å². The SMILES string of the molecule is CC1=C(C(=O)OC(C)C)C(c2cccc3nonc23)C([N+](=O)[O-])=C(C)C1. The van der Waals surface area contributed by atoms with Gasteiger partial charge in [0, 0.05) is 11.1 Å². The van der Waals surface area contributed by atoms with E-state index in [0.29, 0.717) is 28.6 Å². The molecule has 0 saturated heterocycles. The molecule has 136 valence electrons. The van der Waals surface area contributed by atoms with Crippen molar-refractivity contribution in [2.45, 2.75) is 46.1 Å². The number of esters is 1. The zero-order valence-electron chi connectivity index (χ0n) is 15.0. The Kier molecular flexibility index (Phi) is 4.58. The minimum absolute atomic E-state index is 0.0261. The molecule has 26 heavy (non-hydrogen) atoms. The first-order valence-electron chi connectivity index (χ1n) is 8.27. The summed E-state index contributed by atoms with van der Waals surface area (Å²) in [4.78, 5) is 24.2. The molecule has 0 amide bonds. The predicted octanol–water partition coefficient (Wildman–Crippen LogP) is 3.53. The van der Waals surface area contributed by atoms with Crippen molar-refractivity contribution in [1.82, 2.24) is 10.3 Å². The van der Waals surface area contributed by atoms with Crippen molar-refractivity contribution < 1.29 is 19.1 Å². The summed E-state index contributed by atoms with van der Waals surface area (Å²) < 4.78 is 10.2. The van der Waals surface area contributed by atoms with Gasteiger partial charge in [-0.2, -0.15) is 0 Å². The van der Waals surface area contributed by atoms with Crippen LogP contribution < -0.4 is 0 Å². The van der Waals surface area contributed by atoms with Gasteiger partial charge in [-0.25, -0.2) is 9.42 Å². The highest BCUT2D eigenvalue weighted by Crippen LogP contribution is 2.43. The lowest BCUT2D eigenvalue weighted by Gasteiger charge is -2.26. The van der Waals surface area contributed by atoms with Gasteiger partial charge in [0.25, 0.3) is 5.70 Å². The van der Waals surface area contributed by atoms with E-state index >= 15 is 0 Å². The van der Waals surface area contributed by atoms with E-state index in [4.69, 9.17) is 9.37 Å². The number of hydrogen-bond acceptors (Lipinski definition) is 7. The molecule has 0 saturated carbocycles. The summed E-state index contributed by atoms with van der Waals surface area (Å²) in [5, 5.41) is 19.5. The Balaban J connectivity index is 2.25. The number of aromatic nitrogens is 2. The number of fused-ring (bicyclic) bond motifs is 1. The maximum absolute atomic E-state index is 12.8. The van der Waals surface area contributed by atoms with Crippen molar-refractivity contribution in [3.05, 3.63) is 56.3 Å². The van der Waals surface area contributed by atoms with Crippen LogP contribution in [-0.2, 0) is 9.53 Å². The number of nitro groups is 1. The molecule has 8 heteroatoms. The maximum Gasteiger partial charge on any atom is 0.335 e. The summed E-state index contributed by atoms with van der Waals surface area (Å²) in [6.07, 6.45) is 0.0153. The van der Waals surface area contributed by atoms with Crippen LogP contribution >= 0.6 is 0 Å². The van der Waals surface area contributed by atoms with Gasteiger partial charge in [0.2, 0.25) is 0 Å². The van der Waals surface area contributed by atoms with Crippen LogP contribution in [0.5, 0.6) is 0 Å². The van der Waals surface area contributed by atoms with Crippen LogP contribution in [0.1, 0.15) is 45.6 Å². The lowest BCUT2D eigenvalue weighted by Crippen LogP contribution is -2.26. The largest absolute Gasteiger partial charge is 0.460 e. The third-order valence-corrected chi connectivity index (χ3v) is 4.38. The molecule has 0 bridgehead atoms. The van der Waals surface area contributed by atoms with Crippen LogP contribution in [0.3, 0.4) is 0 Å². The molecule has 0 aliphatic heterocycles. The molecule has 1 heterocycles. The summed E-state index contributed by atoms with van der Waals surface area (Å²) in [5.41, 5.74) is 2.99. The average Bonchev–Trinajstić information content (AvgIpc) is 3.01. The monoisotopic (exact) mass is 357 g/mol. The molecule has 8 nitrogen and oxygen atoms in total. The maximum atomic E-state index is 12.8. The number of benzene rings is 1. The second kappa shape index (κ2) is 6.70. The van der Waals surface area contributed by atoms with Gasteiger partial charge in [0.1, 0.15) is 17.0 Å². The van der Waals surface area contributed by atoms with E-state index < -0.39 is 16.8 Å². The second-order valence-electron chi connectivity index (χ2n) is 6.66. The molecule has 0 N–H and O–H groups in total. The van der Waals surface area contributed by atoms with E-state index in [9.17, 15) is 14.9 Å². The molecule has 0 spiro atoms. The van der Waals surface area contributed by atoms with E-state index in [1.165, 1.54) is 0 Å². The molecular weight excluding hydrogens is 338 g/mol. The zero-order valence-corrected chi connectivity index (χ0v) is 15.0. The number of hydrogen-bond donors (Lipinski definition) is 0. The van der Waals surface area contributed by atoms with E-state index in [0.717, 1.165) is 5.57 Å². The van der Waals surface area contributed by atoms with Crippen molar-refractivity contribution in [2.24, 2.45) is 0 Å². The van der Waals surface area contributed by atoms with Gasteiger partial charge < -0.3 is 4.74 Å². The standard InChI is InChI=1S/C18H19N3O5/c1-9(2)25-18(22)14-10(3)8-11(4)17(21(23)24)15(14)12-6-5-7-13-16(12)20-26-19-13/h5-7,9,15H,8H2,1-4H3. The number of ether oxygens (including phenoxy) is 1. The highest BCUT2D eigenvalue weighted by atomic mass is 16.6. The van der Waals surface area contributed by atoms with E-state index in [2.05, 4.69) is 10.3 Å². The first-order chi connectivity index (χ1) is 12.3. The second-order valence-corrected chi connectivity index (χ2v) is 6.66. The highest BCUT2D eigenvalue weighted by molar-refractivity contribution is 5.94. The number of carbonyl (C=O) groups is 1. The molecule has 0 radical (unpaired) electrons. The van der Waals surface area contributed by atoms with Crippen molar-refractivity contribution >= 4 is 17.0 Å². The summed E-state index contributed by atoms with van der Waals surface area (Å²) in [7, 11) is 0. The quantitative estimate of drug-likeness (QED) is 0.468. The number of rotatable bonds is 4. The predicted molar refractivity (Wildman–Crippen MR) is 92.8 cm³/mol. The van der Waals surface area contributed by atoms with Crippen LogP contribution in [0.15, 0.2) is 45.2 Å². The lowest BCUT2D eigenvalue weighted by atomic mass is 9.78. The van der Waals surface area contributed by atoms with Gasteiger partial charge >= 0.3 is 5.97 Å². The van der Waals surface area contributed by atoms with E-state index in [-0.39, 0.29) is 17.4 Å². The van der Waals surface area contributed by atoms with Gasteiger partial charge in [-0.3, -0.25) is 10.1 Å². The molecule has 1 aromatic carbocycles. The van der Waals surface area contributed by atoms with Gasteiger partial charge in [-0.1, -0.05) is 17.7 Å². The fraction of sp³-hybridized carbons (Fsp3) is 0.389. The Hall–Kier alpha value is -3.03. The minimum Gasteiger partial charge on any atom is -0.460 e. The third-order valence-electron chi connectivity index (χ3n) is 4.38. The Bertz CT molecular complexity index is 955. The van der Waals surface area contributed by atoms with E-state index in [1.54, 1.807) is 45.9 Å². The van der Waals surface area contributed by atoms with Gasteiger partial charge in [-0.15, -0.1) is 0 Å².